The van der Waals surface area contributed by atoms with Crippen molar-refractivity contribution >= 4 is 27.4 Å². The highest BCUT2D eigenvalue weighted by molar-refractivity contribution is 7.90. The number of aromatic carboxylic acids is 1. The largest absolute Gasteiger partial charge is 0.478 e. The van der Waals surface area contributed by atoms with Crippen LogP contribution in [0.3, 0.4) is 0 Å². The van der Waals surface area contributed by atoms with Crippen molar-refractivity contribution in [3.63, 3.8) is 0 Å². The molecule has 1 aliphatic carbocycles. The molecule has 1 aliphatic rings. The molecule has 1 heterocycles. The molecule has 9 heteroatoms. The van der Waals surface area contributed by atoms with Crippen LogP contribution in [0.4, 0.5) is 5.69 Å². The van der Waals surface area contributed by atoms with E-state index in [0.29, 0.717) is 0 Å². The van der Waals surface area contributed by atoms with E-state index in [1.807, 2.05) is 0 Å². The summed E-state index contributed by atoms with van der Waals surface area (Å²) in [5.41, 5.74) is 0.797. The average molecular weight is 390 g/mol. The summed E-state index contributed by atoms with van der Waals surface area (Å²) in [5, 5.41) is 11.6. The van der Waals surface area contributed by atoms with Crippen LogP contribution < -0.4 is 10.9 Å². The van der Waals surface area contributed by atoms with Crippen LogP contribution in [-0.2, 0) is 22.7 Å². The van der Waals surface area contributed by atoms with Gasteiger partial charge in [-0.2, -0.15) is 0 Å². The Hall–Kier alpha value is -2.94. The fourth-order valence-electron chi connectivity index (χ4n) is 3.05. The molecule has 0 fully saturated rings. The van der Waals surface area contributed by atoms with Crippen LogP contribution in [-0.4, -0.2) is 36.6 Å². The minimum absolute atomic E-state index is 0.0163. The second-order valence-corrected chi connectivity index (χ2v) is 8.52. The molecule has 8 nitrogen and oxygen atoms in total. The van der Waals surface area contributed by atoms with Gasteiger partial charge in [0.25, 0.3) is 11.5 Å². The first-order chi connectivity index (χ1) is 12.6. The summed E-state index contributed by atoms with van der Waals surface area (Å²) in [6.07, 6.45) is 4.40. The fraction of sp³-hybridized carbons (Fsp3) is 0.278. The topological polar surface area (TPSA) is 133 Å². The normalized spacial score (nSPS) is 13.7. The highest BCUT2D eigenvalue weighted by Gasteiger charge is 2.19. The molecule has 0 spiro atoms. The number of nitrogens with one attached hydrogen (secondary N) is 2. The minimum Gasteiger partial charge on any atom is -0.478 e. The summed E-state index contributed by atoms with van der Waals surface area (Å²) < 4.78 is 23.5. The number of fused-ring (bicyclic) bond motifs is 1. The molecule has 142 valence electrons. The molecular weight excluding hydrogens is 372 g/mol. The molecule has 0 radical (unpaired) electrons. The number of carboxylic acids is 1. The third-order valence-electron chi connectivity index (χ3n) is 4.42. The molecule has 2 aromatic rings. The number of aromatic nitrogens is 1. The van der Waals surface area contributed by atoms with Crippen LogP contribution in [0.25, 0.3) is 0 Å². The maximum Gasteiger partial charge on any atom is 0.335 e. The smallest absolute Gasteiger partial charge is 0.335 e. The molecule has 3 rings (SSSR count). The number of anilines is 1. The van der Waals surface area contributed by atoms with Crippen molar-refractivity contribution in [3.05, 3.63) is 57.0 Å². The zero-order chi connectivity index (χ0) is 19.8. The minimum atomic E-state index is -3.68. The second kappa shape index (κ2) is 6.99. The van der Waals surface area contributed by atoms with Gasteiger partial charge in [-0.05, 0) is 55.5 Å². The number of carboxylic acid groups (broad SMARTS) is 1. The van der Waals surface area contributed by atoms with Crippen molar-refractivity contribution in [2.75, 3.05) is 11.6 Å². The molecule has 0 saturated heterocycles. The lowest BCUT2D eigenvalue weighted by molar-refractivity contribution is 0.0696. The van der Waals surface area contributed by atoms with Gasteiger partial charge < -0.3 is 15.4 Å². The van der Waals surface area contributed by atoms with E-state index in [-0.39, 0.29) is 21.7 Å². The van der Waals surface area contributed by atoms with E-state index in [4.69, 9.17) is 5.11 Å². The van der Waals surface area contributed by atoms with E-state index in [2.05, 4.69) is 10.3 Å². The highest BCUT2D eigenvalue weighted by atomic mass is 32.2. The Kier molecular flexibility index (Phi) is 4.88. The second-order valence-electron chi connectivity index (χ2n) is 6.50. The summed E-state index contributed by atoms with van der Waals surface area (Å²) in [5.74, 6) is -2.06. The lowest BCUT2D eigenvalue weighted by atomic mass is 9.95. The van der Waals surface area contributed by atoms with Gasteiger partial charge in [0.15, 0.2) is 9.84 Å². The van der Waals surface area contributed by atoms with Gasteiger partial charge in [-0.3, -0.25) is 9.59 Å². The quantitative estimate of drug-likeness (QED) is 0.726. The van der Waals surface area contributed by atoms with Crippen LogP contribution in [0.15, 0.2) is 34.0 Å². The maximum atomic E-state index is 12.5. The number of pyridine rings is 1. The SMILES string of the molecule is CS(=O)(=O)c1cc(NC(=O)c2cc3c([nH]c2=O)CCCC3)cc(C(=O)O)c1. The lowest BCUT2D eigenvalue weighted by Gasteiger charge is -2.16. The van der Waals surface area contributed by atoms with Gasteiger partial charge in [-0.25, -0.2) is 13.2 Å². The first-order valence-corrected chi connectivity index (χ1v) is 10.2. The summed E-state index contributed by atoms with van der Waals surface area (Å²) in [7, 11) is -3.68. The zero-order valence-electron chi connectivity index (χ0n) is 14.5. The first-order valence-electron chi connectivity index (χ1n) is 8.30. The summed E-state index contributed by atoms with van der Waals surface area (Å²) in [6, 6.07) is 4.86. The lowest BCUT2D eigenvalue weighted by Crippen LogP contribution is -2.26. The van der Waals surface area contributed by atoms with E-state index >= 15 is 0 Å². The average Bonchev–Trinajstić information content (AvgIpc) is 2.60. The van der Waals surface area contributed by atoms with Gasteiger partial charge in [0.05, 0.1) is 10.5 Å². The predicted octanol–water partition coefficient (Wildman–Crippen LogP) is 1.61. The van der Waals surface area contributed by atoms with Crippen molar-refractivity contribution in [1.29, 1.82) is 0 Å². The monoisotopic (exact) mass is 390 g/mol. The third-order valence-corrected chi connectivity index (χ3v) is 5.51. The van der Waals surface area contributed by atoms with Crippen LogP contribution in [0, 0.1) is 0 Å². The summed E-state index contributed by atoms with van der Waals surface area (Å²) in [4.78, 5) is 38.5. The van der Waals surface area contributed by atoms with Crippen molar-refractivity contribution < 1.29 is 23.1 Å². The van der Waals surface area contributed by atoms with Crippen LogP contribution in [0.1, 0.15) is 44.8 Å². The Labute approximate surface area is 155 Å². The van der Waals surface area contributed by atoms with Crippen LogP contribution in [0.5, 0.6) is 0 Å². The van der Waals surface area contributed by atoms with Gasteiger partial charge in [0.2, 0.25) is 0 Å². The molecule has 1 aromatic heterocycles. The Morgan fingerprint density at radius 1 is 1.11 bits per heavy atom. The number of H-pyrrole nitrogens is 1. The third kappa shape index (κ3) is 4.08. The van der Waals surface area contributed by atoms with Crippen molar-refractivity contribution in [3.8, 4) is 0 Å². The molecule has 0 atom stereocenters. The number of amides is 1. The number of hydrogen-bond acceptors (Lipinski definition) is 5. The van der Waals surface area contributed by atoms with Gasteiger partial charge in [-0.15, -0.1) is 0 Å². The highest BCUT2D eigenvalue weighted by Crippen LogP contribution is 2.21. The Morgan fingerprint density at radius 3 is 2.48 bits per heavy atom. The number of hydrogen-bond donors (Lipinski definition) is 3. The molecule has 0 saturated carbocycles. The number of aromatic amines is 1. The standard InChI is InChI=1S/C18H18N2O6S/c1-27(25,26)13-7-11(18(23)24)6-12(9-13)19-16(21)14-8-10-4-2-3-5-15(10)20-17(14)22/h6-9H,2-5H2,1H3,(H,19,21)(H,20,22)(H,23,24). The van der Waals surface area contributed by atoms with Crippen LogP contribution >= 0.6 is 0 Å². The number of carbonyl (C=O) groups is 2. The predicted molar refractivity (Wildman–Crippen MR) is 98.2 cm³/mol. The molecule has 0 aliphatic heterocycles. The number of aryl methyl sites for hydroxylation is 2. The first kappa shape index (κ1) is 18.8. The van der Waals surface area contributed by atoms with Gasteiger partial charge in [0.1, 0.15) is 5.56 Å². The van der Waals surface area contributed by atoms with Crippen molar-refractivity contribution in [2.45, 2.75) is 30.6 Å². The molecule has 27 heavy (non-hydrogen) atoms. The van der Waals surface area contributed by atoms with E-state index in [1.165, 1.54) is 0 Å². The van der Waals surface area contributed by atoms with E-state index in [9.17, 15) is 22.8 Å². The number of benzene rings is 1. The van der Waals surface area contributed by atoms with Gasteiger partial charge in [-0.1, -0.05) is 0 Å². The number of carbonyl (C=O) groups excluding carboxylic acids is 1. The Morgan fingerprint density at radius 2 is 1.81 bits per heavy atom. The molecule has 1 amide bonds. The number of sulfone groups is 1. The van der Waals surface area contributed by atoms with Gasteiger partial charge >= 0.3 is 5.97 Å². The zero-order valence-corrected chi connectivity index (χ0v) is 15.4. The Balaban J connectivity index is 1.98. The Bertz CT molecular complexity index is 1100. The summed E-state index contributed by atoms with van der Waals surface area (Å²) in [6.45, 7) is 0. The van der Waals surface area contributed by atoms with Gasteiger partial charge in [0, 0.05) is 17.6 Å². The van der Waals surface area contributed by atoms with Crippen LogP contribution in [0.2, 0.25) is 0 Å². The molecular formula is C18H18N2O6S. The van der Waals surface area contributed by atoms with E-state index in [1.54, 1.807) is 6.07 Å². The molecule has 1 aromatic carbocycles. The fourth-order valence-corrected chi connectivity index (χ4v) is 3.73. The van der Waals surface area contributed by atoms with Crippen molar-refractivity contribution in [1.82, 2.24) is 4.98 Å². The summed E-state index contributed by atoms with van der Waals surface area (Å²) >= 11 is 0. The van der Waals surface area contributed by atoms with E-state index < -0.39 is 27.3 Å². The van der Waals surface area contributed by atoms with E-state index in [0.717, 1.165) is 61.4 Å². The molecule has 0 unspecified atom stereocenters. The molecule has 3 N–H and O–H groups in total. The van der Waals surface area contributed by atoms with Crippen molar-refractivity contribution in [2.24, 2.45) is 0 Å². The molecule has 0 bridgehead atoms. The maximum absolute atomic E-state index is 12.5. The number of rotatable bonds is 4.